The normalized spacial score (nSPS) is 23.2. The van der Waals surface area contributed by atoms with Gasteiger partial charge in [0.05, 0.1) is 11.0 Å². The molecule has 1 atom stereocenters. The number of fused-ring (bicyclic) bond motifs is 1. The Kier molecular flexibility index (Phi) is 4.42. The van der Waals surface area contributed by atoms with Crippen molar-refractivity contribution in [3.63, 3.8) is 0 Å². The van der Waals surface area contributed by atoms with Gasteiger partial charge >= 0.3 is 0 Å². The average Bonchev–Trinajstić information content (AvgIpc) is 2.97. The quantitative estimate of drug-likeness (QED) is 0.843. The predicted octanol–water partition coefficient (Wildman–Crippen LogP) is 3.58. The highest BCUT2D eigenvalue weighted by Gasteiger charge is 2.48. The van der Waals surface area contributed by atoms with E-state index in [0.717, 1.165) is 37.4 Å². The number of ketones is 1. The van der Waals surface area contributed by atoms with Crippen LogP contribution in [0.4, 0.5) is 0 Å². The van der Waals surface area contributed by atoms with Gasteiger partial charge in [0.15, 0.2) is 5.78 Å². The molecule has 4 heteroatoms. The van der Waals surface area contributed by atoms with Crippen molar-refractivity contribution in [1.29, 1.82) is 0 Å². The molecule has 4 rings (SSSR count). The van der Waals surface area contributed by atoms with Gasteiger partial charge in [-0.3, -0.25) is 9.69 Å². The Balaban J connectivity index is 0.00000156. The third-order valence-electron chi connectivity index (χ3n) is 4.80. The molecule has 2 aliphatic heterocycles. The van der Waals surface area contributed by atoms with Crippen LogP contribution in [0, 0.1) is 5.41 Å². The number of carbonyl (C=O) groups is 1. The first kappa shape index (κ1) is 16.0. The Morgan fingerprint density at radius 1 is 1.04 bits per heavy atom. The van der Waals surface area contributed by atoms with Gasteiger partial charge in [-0.25, -0.2) is 0 Å². The molecular formula is C19H20ClNO2. The zero-order valence-electron chi connectivity index (χ0n) is 12.9. The van der Waals surface area contributed by atoms with Crippen molar-refractivity contribution in [2.75, 3.05) is 19.7 Å². The molecule has 2 aliphatic rings. The molecule has 2 aromatic carbocycles. The first-order valence-corrected chi connectivity index (χ1v) is 7.80. The molecule has 120 valence electrons. The maximum atomic E-state index is 12.9. The van der Waals surface area contributed by atoms with Crippen LogP contribution in [0.1, 0.15) is 22.3 Å². The highest BCUT2D eigenvalue weighted by Crippen LogP contribution is 2.41. The largest absolute Gasteiger partial charge is 0.492 e. The van der Waals surface area contributed by atoms with Crippen LogP contribution in [0.3, 0.4) is 0 Å². The number of benzene rings is 2. The monoisotopic (exact) mass is 329 g/mol. The van der Waals surface area contributed by atoms with Gasteiger partial charge in [-0.05, 0) is 30.7 Å². The van der Waals surface area contributed by atoms with Gasteiger partial charge in [0.2, 0.25) is 0 Å². The summed E-state index contributed by atoms with van der Waals surface area (Å²) in [6, 6.07) is 18.0. The number of ether oxygens (including phenoxy) is 1. The van der Waals surface area contributed by atoms with Crippen LogP contribution in [-0.4, -0.2) is 30.4 Å². The molecule has 1 spiro atoms. The van der Waals surface area contributed by atoms with Gasteiger partial charge in [-0.15, -0.1) is 12.4 Å². The van der Waals surface area contributed by atoms with Gasteiger partial charge in [0.25, 0.3) is 0 Å². The SMILES string of the molecule is Cl.O=C1c2ccccc2OCC12CCN(Cc1ccccc1)C2. The summed E-state index contributed by atoms with van der Waals surface area (Å²) >= 11 is 0. The highest BCUT2D eigenvalue weighted by atomic mass is 35.5. The van der Waals surface area contributed by atoms with Crippen molar-refractivity contribution < 1.29 is 9.53 Å². The molecule has 1 unspecified atom stereocenters. The minimum absolute atomic E-state index is 0. The number of halogens is 1. The molecule has 0 aromatic heterocycles. The van der Waals surface area contributed by atoms with Crippen molar-refractivity contribution in [3.8, 4) is 5.75 Å². The Hall–Kier alpha value is -1.84. The molecule has 0 aliphatic carbocycles. The molecule has 0 radical (unpaired) electrons. The van der Waals surface area contributed by atoms with E-state index in [9.17, 15) is 4.79 Å². The van der Waals surface area contributed by atoms with Crippen LogP contribution in [0.2, 0.25) is 0 Å². The first-order valence-electron chi connectivity index (χ1n) is 7.80. The van der Waals surface area contributed by atoms with E-state index >= 15 is 0 Å². The molecule has 2 aromatic rings. The van der Waals surface area contributed by atoms with Crippen molar-refractivity contribution in [2.45, 2.75) is 13.0 Å². The van der Waals surface area contributed by atoms with Crippen LogP contribution in [0.15, 0.2) is 54.6 Å². The van der Waals surface area contributed by atoms with E-state index in [1.54, 1.807) is 0 Å². The van der Waals surface area contributed by atoms with Crippen molar-refractivity contribution >= 4 is 18.2 Å². The van der Waals surface area contributed by atoms with Gasteiger partial charge in [-0.1, -0.05) is 42.5 Å². The van der Waals surface area contributed by atoms with Crippen molar-refractivity contribution in [1.82, 2.24) is 4.90 Å². The molecule has 1 fully saturated rings. The molecule has 3 nitrogen and oxygen atoms in total. The predicted molar refractivity (Wildman–Crippen MR) is 92.3 cm³/mol. The van der Waals surface area contributed by atoms with E-state index in [2.05, 4.69) is 29.2 Å². The lowest BCUT2D eigenvalue weighted by molar-refractivity contribution is 0.0622. The minimum atomic E-state index is -0.358. The molecule has 0 amide bonds. The Bertz CT molecular complexity index is 704. The summed E-state index contributed by atoms with van der Waals surface area (Å²) in [6.07, 6.45) is 0.882. The maximum Gasteiger partial charge on any atom is 0.177 e. The van der Waals surface area contributed by atoms with Crippen LogP contribution in [-0.2, 0) is 6.54 Å². The van der Waals surface area contributed by atoms with E-state index in [0.29, 0.717) is 6.61 Å². The lowest BCUT2D eigenvalue weighted by Gasteiger charge is -2.33. The smallest absolute Gasteiger partial charge is 0.177 e. The second kappa shape index (κ2) is 6.34. The summed E-state index contributed by atoms with van der Waals surface area (Å²) in [5.41, 5.74) is 1.68. The number of likely N-dealkylation sites (tertiary alicyclic amines) is 1. The molecule has 23 heavy (non-hydrogen) atoms. The standard InChI is InChI=1S/C19H19NO2.ClH/c21-18-16-8-4-5-9-17(16)22-14-19(18)10-11-20(13-19)12-15-6-2-1-3-7-15;/h1-9H,10-14H2;1H. The molecule has 0 saturated carbocycles. The second-order valence-corrected chi connectivity index (χ2v) is 6.34. The molecule has 0 bridgehead atoms. The molecule has 1 saturated heterocycles. The molecule has 0 N–H and O–H groups in total. The Morgan fingerprint density at radius 3 is 2.61 bits per heavy atom. The lowest BCUT2D eigenvalue weighted by atomic mass is 9.78. The summed E-state index contributed by atoms with van der Waals surface area (Å²) < 4.78 is 5.88. The van der Waals surface area contributed by atoms with Crippen LogP contribution in [0.5, 0.6) is 5.75 Å². The number of hydrogen-bond acceptors (Lipinski definition) is 3. The average molecular weight is 330 g/mol. The minimum Gasteiger partial charge on any atom is -0.492 e. The number of rotatable bonds is 2. The van der Waals surface area contributed by atoms with Crippen LogP contribution in [0.25, 0.3) is 0 Å². The second-order valence-electron chi connectivity index (χ2n) is 6.34. The van der Waals surface area contributed by atoms with Crippen LogP contribution < -0.4 is 4.74 Å². The summed E-state index contributed by atoms with van der Waals surface area (Å²) in [4.78, 5) is 15.3. The highest BCUT2D eigenvalue weighted by molar-refractivity contribution is 6.04. The van der Waals surface area contributed by atoms with Crippen LogP contribution >= 0.6 is 12.4 Å². The summed E-state index contributed by atoms with van der Waals surface area (Å²) in [7, 11) is 0. The zero-order chi connectivity index (χ0) is 15.0. The van der Waals surface area contributed by atoms with Gasteiger partial charge in [0, 0.05) is 13.1 Å². The first-order chi connectivity index (χ1) is 10.8. The zero-order valence-corrected chi connectivity index (χ0v) is 13.7. The van der Waals surface area contributed by atoms with E-state index in [1.807, 2.05) is 30.3 Å². The van der Waals surface area contributed by atoms with E-state index < -0.39 is 0 Å². The number of hydrogen-bond donors (Lipinski definition) is 0. The number of carbonyl (C=O) groups excluding carboxylic acids is 1. The number of Topliss-reactive ketones (excluding diaryl/α,β-unsaturated/α-hetero) is 1. The van der Waals surface area contributed by atoms with E-state index in [4.69, 9.17) is 4.74 Å². The van der Waals surface area contributed by atoms with Crippen molar-refractivity contribution in [3.05, 3.63) is 65.7 Å². The molecular weight excluding hydrogens is 310 g/mol. The third kappa shape index (κ3) is 2.87. The van der Waals surface area contributed by atoms with E-state index in [1.165, 1.54) is 5.56 Å². The summed E-state index contributed by atoms with van der Waals surface area (Å²) in [5.74, 6) is 0.990. The topological polar surface area (TPSA) is 29.5 Å². The molecule has 2 heterocycles. The number of para-hydroxylation sites is 1. The maximum absolute atomic E-state index is 12.9. The van der Waals surface area contributed by atoms with Gasteiger partial charge in [0.1, 0.15) is 12.4 Å². The van der Waals surface area contributed by atoms with Gasteiger partial charge in [-0.2, -0.15) is 0 Å². The fourth-order valence-corrected chi connectivity index (χ4v) is 3.59. The summed E-state index contributed by atoms with van der Waals surface area (Å²) in [5, 5.41) is 0. The Labute approximate surface area is 142 Å². The van der Waals surface area contributed by atoms with Gasteiger partial charge < -0.3 is 4.74 Å². The Morgan fingerprint density at radius 2 is 1.78 bits per heavy atom. The third-order valence-corrected chi connectivity index (χ3v) is 4.80. The fraction of sp³-hybridized carbons (Fsp3) is 0.316. The van der Waals surface area contributed by atoms with E-state index in [-0.39, 0.29) is 23.6 Å². The summed E-state index contributed by atoms with van der Waals surface area (Å²) in [6.45, 7) is 3.15. The fourth-order valence-electron chi connectivity index (χ4n) is 3.59. The number of nitrogens with zero attached hydrogens (tertiary/aromatic N) is 1. The van der Waals surface area contributed by atoms with Crippen molar-refractivity contribution in [2.24, 2.45) is 5.41 Å². The lowest BCUT2D eigenvalue weighted by Crippen LogP contribution is -2.43.